The highest BCUT2D eigenvalue weighted by atomic mass is 32.2. The zero-order chi connectivity index (χ0) is 23.4. The van der Waals surface area contributed by atoms with Crippen LogP contribution in [-0.4, -0.2) is 37.1 Å². The number of para-hydroxylation sites is 2. The zero-order valence-electron chi connectivity index (χ0n) is 18.2. The smallest absolute Gasteiger partial charge is 0.243 e. The van der Waals surface area contributed by atoms with Crippen molar-refractivity contribution in [2.24, 2.45) is 0 Å². The molecule has 170 valence electrons. The van der Waals surface area contributed by atoms with Crippen molar-refractivity contribution in [2.75, 3.05) is 16.8 Å². The maximum atomic E-state index is 13.6. The number of rotatable bonds is 6. The first-order chi connectivity index (χ1) is 15.9. The summed E-state index contributed by atoms with van der Waals surface area (Å²) >= 11 is 0. The molecule has 0 spiro atoms. The molecule has 1 unspecified atom stereocenters. The molecule has 0 saturated heterocycles. The van der Waals surface area contributed by atoms with Crippen LogP contribution in [0.1, 0.15) is 18.9 Å². The minimum atomic E-state index is -3.94. The molecule has 0 bridgehead atoms. The third-order valence-electron chi connectivity index (χ3n) is 5.52. The highest BCUT2D eigenvalue weighted by molar-refractivity contribution is 7.89. The summed E-state index contributed by atoms with van der Waals surface area (Å²) in [6.45, 7) is 1.47. The van der Waals surface area contributed by atoms with E-state index in [1.165, 1.54) is 21.3 Å². The lowest BCUT2D eigenvalue weighted by atomic mass is 10.1. The first-order valence-electron chi connectivity index (χ1n) is 10.7. The van der Waals surface area contributed by atoms with E-state index in [1.807, 2.05) is 30.3 Å². The molecule has 1 aliphatic heterocycles. The van der Waals surface area contributed by atoms with Crippen molar-refractivity contribution in [3.05, 3.63) is 90.5 Å². The third kappa shape index (κ3) is 4.97. The van der Waals surface area contributed by atoms with Gasteiger partial charge >= 0.3 is 0 Å². The SMILES string of the molecule is CC1CC(=O)Nc2ccccc2N1C(=O)CN(Cc1ccccc1)S(=O)(=O)c1ccccc1. The van der Waals surface area contributed by atoms with Crippen LogP contribution in [0.2, 0.25) is 0 Å². The standard InChI is InChI=1S/C25H25N3O4S/c1-19-16-24(29)26-22-14-8-9-15-23(22)28(19)25(30)18-27(17-20-10-4-2-5-11-20)33(31,32)21-12-6-3-7-13-21/h2-15,19H,16-18H2,1H3,(H,26,29). The van der Waals surface area contributed by atoms with E-state index in [2.05, 4.69) is 5.32 Å². The van der Waals surface area contributed by atoms with Crippen LogP contribution in [0.5, 0.6) is 0 Å². The Labute approximate surface area is 193 Å². The second-order valence-corrected chi connectivity index (χ2v) is 9.89. The van der Waals surface area contributed by atoms with E-state index in [0.29, 0.717) is 11.4 Å². The first-order valence-corrected chi connectivity index (χ1v) is 12.1. The topological polar surface area (TPSA) is 86.8 Å². The molecule has 0 fully saturated rings. The Kier molecular flexibility index (Phi) is 6.57. The van der Waals surface area contributed by atoms with E-state index in [4.69, 9.17) is 0 Å². The van der Waals surface area contributed by atoms with Gasteiger partial charge in [-0.25, -0.2) is 8.42 Å². The Hall–Kier alpha value is -3.49. The number of carbonyl (C=O) groups is 2. The number of benzene rings is 3. The Morgan fingerprint density at radius 3 is 2.27 bits per heavy atom. The molecule has 0 radical (unpaired) electrons. The summed E-state index contributed by atoms with van der Waals surface area (Å²) in [7, 11) is -3.94. The zero-order valence-corrected chi connectivity index (χ0v) is 19.0. The van der Waals surface area contributed by atoms with Gasteiger partial charge in [0, 0.05) is 19.0 Å². The van der Waals surface area contributed by atoms with E-state index in [9.17, 15) is 18.0 Å². The average Bonchev–Trinajstić information content (AvgIpc) is 2.94. The minimum Gasteiger partial charge on any atom is -0.324 e. The molecule has 3 aromatic carbocycles. The molecule has 8 heteroatoms. The molecule has 2 amide bonds. The van der Waals surface area contributed by atoms with Crippen LogP contribution in [0.4, 0.5) is 11.4 Å². The number of amides is 2. The van der Waals surface area contributed by atoms with Crippen molar-refractivity contribution in [3.8, 4) is 0 Å². The number of fused-ring (bicyclic) bond motifs is 1. The van der Waals surface area contributed by atoms with Crippen LogP contribution < -0.4 is 10.2 Å². The normalized spacial score (nSPS) is 16.1. The quantitative estimate of drug-likeness (QED) is 0.605. The lowest BCUT2D eigenvalue weighted by Crippen LogP contribution is -2.46. The second-order valence-electron chi connectivity index (χ2n) is 7.95. The van der Waals surface area contributed by atoms with Crippen LogP contribution >= 0.6 is 0 Å². The van der Waals surface area contributed by atoms with Gasteiger partial charge in [-0.15, -0.1) is 0 Å². The van der Waals surface area contributed by atoms with Gasteiger partial charge in [0.05, 0.1) is 22.8 Å². The van der Waals surface area contributed by atoms with Crippen LogP contribution in [0.15, 0.2) is 89.8 Å². The predicted molar refractivity (Wildman–Crippen MR) is 127 cm³/mol. The number of hydrogen-bond acceptors (Lipinski definition) is 4. The van der Waals surface area contributed by atoms with Gasteiger partial charge in [-0.05, 0) is 36.8 Å². The monoisotopic (exact) mass is 463 g/mol. The number of carbonyl (C=O) groups excluding carboxylic acids is 2. The summed E-state index contributed by atoms with van der Waals surface area (Å²) in [5.41, 5.74) is 1.85. The van der Waals surface area contributed by atoms with Crippen LogP contribution in [-0.2, 0) is 26.2 Å². The predicted octanol–water partition coefficient (Wildman–Crippen LogP) is 3.64. The van der Waals surface area contributed by atoms with Gasteiger partial charge in [0.25, 0.3) is 0 Å². The Morgan fingerprint density at radius 2 is 1.58 bits per heavy atom. The van der Waals surface area contributed by atoms with Gasteiger partial charge in [0.1, 0.15) is 0 Å². The maximum absolute atomic E-state index is 13.6. The Balaban J connectivity index is 1.70. The van der Waals surface area contributed by atoms with Gasteiger partial charge in [-0.1, -0.05) is 60.7 Å². The Morgan fingerprint density at radius 1 is 0.970 bits per heavy atom. The van der Waals surface area contributed by atoms with Crippen molar-refractivity contribution < 1.29 is 18.0 Å². The summed E-state index contributed by atoms with van der Waals surface area (Å²) in [6, 6.07) is 23.9. The molecular weight excluding hydrogens is 438 g/mol. The summed E-state index contributed by atoms with van der Waals surface area (Å²) in [5.74, 6) is -0.592. The molecule has 1 atom stereocenters. The number of nitrogens with one attached hydrogen (secondary N) is 1. The van der Waals surface area contributed by atoms with Crippen molar-refractivity contribution in [2.45, 2.75) is 30.8 Å². The van der Waals surface area contributed by atoms with Crippen molar-refractivity contribution in [3.63, 3.8) is 0 Å². The highest BCUT2D eigenvalue weighted by Gasteiger charge is 2.33. The van der Waals surface area contributed by atoms with Crippen LogP contribution in [0, 0.1) is 0 Å². The lowest BCUT2D eigenvalue weighted by molar-refractivity contribution is -0.119. The molecule has 4 rings (SSSR count). The van der Waals surface area contributed by atoms with E-state index in [0.717, 1.165) is 5.56 Å². The van der Waals surface area contributed by atoms with Gasteiger partial charge in [0.15, 0.2) is 0 Å². The molecule has 1 heterocycles. The van der Waals surface area contributed by atoms with Gasteiger partial charge in [0.2, 0.25) is 21.8 Å². The lowest BCUT2D eigenvalue weighted by Gasteiger charge is -2.30. The van der Waals surface area contributed by atoms with E-state index in [1.54, 1.807) is 49.4 Å². The highest BCUT2D eigenvalue weighted by Crippen LogP contribution is 2.32. The number of anilines is 2. The van der Waals surface area contributed by atoms with E-state index < -0.39 is 22.0 Å². The molecule has 1 N–H and O–H groups in total. The average molecular weight is 464 g/mol. The molecule has 0 aliphatic carbocycles. The summed E-state index contributed by atoms with van der Waals surface area (Å²) in [4.78, 5) is 27.5. The fraction of sp³-hybridized carbons (Fsp3) is 0.200. The second kappa shape index (κ2) is 9.56. The molecule has 7 nitrogen and oxygen atoms in total. The molecule has 33 heavy (non-hydrogen) atoms. The fourth-order valence-corrected chi connectivity index (χ4v) is 5.35. The maximum Gasteiger partial charge on any atom is 0.243 e. The molecule has 0 aromatic heterocycles. The summed E-state index contributed by atoms with van der Waals surface area (Å²) in [5, 5.41) is 2.82. The van der Waals surface area contributed by atoms with Crippen molar-refractivity contribution >= 4 is 33.2 Å². The van der Waals surface area contributed by atoms with Crippen molar-refractivity contribution in [1.29, 1.82) is 0 Å². The minimum absolute atomic E-state index is 0.0465. The van der Waals surface area contributed by atoms with Crippen LogP contribution in [0.3, 0.4) is 0 Å². The third-order valence-corrected chi connectivity index (χ3v) is 7.33. The van der Waals surface area contributed by atoms with E-state index >= 15 is 0 Å². The number of nitrogens with zero attached hydrogens (tertiary/aromatic N) is 2. The summed E-state index contributed by atoms with van der Waals surface area (Å²) in [6.07, 6.45) is 0.116. The Bertz CT molecular complexity index is 1250. The number of hydrogen-bond donors (Lipinski definition) is 1. The summed E-state index contributed by atoms with van der Waals surface area (Å²) < 4.78 is 28.2. The first kappa shape index (κ1) is 22.7. The molecule has 0 saturated carbocycles. The molecule has 1 aliphatic rings. The van der Waals surface area contributed by atoms with E-state index in [-0.39, 0.29) is 30.3 Å². The van der Waals surface area contributed by atoms with Gasteiger partial charge in [-0.2, -0.15) is 4.31 Å². The van der Waals surface area contributed by atoms with Crippen LogP contribution in [0.25, 0.3) is 0 Å². The number of sulfonamides is 1. The fourth-order valence-electron chi connectivity index (χ4n) is 3.95. The van der Waals surface area contributed by atoms with Gasteiger partial charge in [-0.3, -0.25) is 9.59 Å². The molecular formula is C25H25N3O4S. The largest absolute Gasteiger partial charge is 0.324 e. The van der Waals surface area contributed by atoms with Crippen molar-refractivity contribution in [1.82, 2.24) is 4.31 Å². The molecule has 3 aromatic rings. The van der Waals surface area contributed by atoms with Gasteiger partial charge < -0.3 is 10.2 Å².